The maximum atomic E-state index is 13.6. The smallest absolute Gasteiger partial charge is 0.359 e. The second kappa shape index (κ2) is 8.80. The summed E-state index contributed by atoms with van der Waals surface area (Å²) in [4.78, 5) is 22.2. The van der Waals surface area contributed by atoms with E-state index in [9.17, 15) is 26.7 Å². The molecule has 0 N–H and O–H groups in total. The van der Waals surface area contributed by atoms with Crippen molar-refractivity contribution in [1.29, 1.82) is 0 Å². The van der Waals surface area contributed by atoms with E-state index in [1.54, 1.807) is 23.1 Å². The van der Waals surface area contributed by atoms with Crippen LogP contribution in [0.2, 0.25) is 0 Å². The number of pyridine rings is 1. The first-order valence-electron chi connectivity index (χ1n) is 10.7. The maximum Gasteiger partial charge on any atom is 0.433 e. The van der Waals surface area contributed by atoms with Crippen molar-refractivity contribution in [2.24, 2.45) is 5.92 Å². The zero-order valence-electron chi connectivity index (χ0n) is 18.6. The minimum Gasteiger partial charge on any atom is -0.359 e. The van der Waals surface area contributed by atoms with Gasteiger partial charge in [-0.05, 0) is 24.5 Å². The van der Waals surface area contributed by atoms with Gasteiger partial charge in [-0.15, -0.1) is 0 Å². The Morgan fingerprint density at radius 2 is 1.97 bits per heavy atom. The fourth-order valence-corrected chi connectivity index (χ4v) is 3.99. The van der Waals surface area contributed by atoms with Crippen LogP contribution in [-0.2, 0) is 19.1 Å². The van der Waals surface area contributed by atoms with Crippen LogP contribution < -0.4 is 10.5 Å². The average Bonchev–Trinajstić information content (AvgIpc) is 3.20. The zero-order chi connectivity index (χ0) is 24.7. The number of hydrogen-bond acceptors (Lipinski definition) is 5. The molecule has 0 atom stereocenters. The molecule has 12 heteroatoms. The van der Waals surface area contributed by atoms with Gasteiger partial charge in [-0.2, -0.15) is 23.3 Å². The van der Waals surface area contributed by atoms with Crippen molar-refractivity contribution in [3.8, 4) is 5.95 Å². The van der Waals surface area contributed by atoms with Crippen molar-refractivity contribution in [3.05, 3.63) is 64.0 Å². The van der Waals surface area contributed by atoms with E-state index >= 15 is 0 Å². The summed E-state index contributed by atoms with van der Waals surface area (Å²) in [6, 6.07) is 3.87. The maximum absolute atomic E-state index is 13.6. The number of aromatic nitrogens is 5. The topological polar surface area (TPSA) is 68.8 Å². The Morgan fingerprint density at radius 1 is 1.24 bits per heavy atom. The van der Waals surface area contributed by atoms with Crippen LogP contribution >= 0.6 is 0 Å². The average molecular weight is 482 g/mol. The van der Waals surface area contributed by atoms with Gasteiger partial charge in [0.15, 0.2) is 5.69 Å². The summed E-state index contributed by atoms with van der Waals surface area (Å²) in [5, 5.41) is 4.16. The van der Waals surface area contributed by atoms with Crippen LogP contribution in [0, 0.1) is 5.92 Å². The summed E-state index contributed by atoms with van der Waals surface area (Å²) >= 11 is 0. The van der Waals surface area contributed by atoms with E-state index < -0.39 is 29.3 Å². The molecule has 1 aliphatic carbocycles. The fourth-order valence-electron chi connectivity index (χ4n) is 3.99. The third-order valence-corrected chi connectivity index (χ3v) is 5.74. The first-order chi connectivity index (χ1) is 15.9. The molecule has 0 aromatic carbocycles. The molecule has 1 aliphatic rings. The largest absolute Gasteiger partial charge is 0.433 e. The number of nitrogens with zero attached hydrogens (tertiary/aromatic N) is 6. The summed E-state index contributed by atoms with van der Waals surface area (Å²) < 4.78 is 69.7. The fraction of sp³-hybridized carbons (Fsp3) is 0.455. The standard InChI is InChI=1S/C22H23F5N6O/c1-3-32-13-14(11-28-32)7-16-5-4-6-33(19(16)34)20-29-17(22(25,26)27)8-18(30-20)31(2)12-15-9-21(23,24)10-15/h4-6,8,11,13,15H,3,7,9-10,12H2,1-2H3. The van der Waals surface area contributed by atoms with Gasteiger partial charge in [-0.25, -0.2) is 13.8 Å². The zero-order valence-corrected chi connectivity index (χ0v) is 18.6. The monoisotopic (exact) mass is 482 g/mol. The second-order valence-electron chi connectivity index (χ2n) is 8.51. The number of alkyl halides is 5. The Hall–Kier alpha value is -3.31. The van der Waals surface area contributed by atoms with Crippen LogP contribution in [0.3, 0.4) is 0 Å². The highest BCUT2D eigenvalue weighted by Gasteiger charge is 2.45. The molecular formula is C22H23F5N6O. The lowest BCUT2D eigenvalue weighted by atomic mass is 9.81. The van der Waals surface area contributed by atoms with Gasteiger partial charge in [0.05, 0.1) is 6.20 Å². The molecule has 0 unspecified atom stereocenters. The second-order valence-corrected chi connectivity index (χ2v) is 8.51. The predicted octanol–water partition coefficient (Wildman–Crippen LogP) is 3.94. The van der Waals surface area contributed by atoms with E-state index in [1.165, 1.54) is 24.2 Å². The molecule has 0 amide bonds. The number of rotatable bonds is 7. The van der Waals surface area contributed by atoms with Crippen LogP contribution in [0.25, 0.3) is 5.95 Å². The molecule has 1 fully saturated rings. The Kier molecular flexibility index (Phi) is 6.17. The predicted molar refractivity (Wildman–Crippen MR) is 114 cm³/mol. The van der Waals surface area contributed by atoms with E-state index in [0.29, 0.717) is 12.1 Å². The van der Waals surface area contributed by atoms with E-state index in [0.717, 1.165) is 16.2 Å². The first-order valence-corrected chi connectivity index (χ1v) is 10.7. The van der Waals surface area contributed by atoms with Crippen LogP contribution in [-0.4, -0.2) is 43.8 Å². The van der Waals surface area contributed by atoms with Gasteiger partial charge in [0.25, 0.3) is 5.56 Å². The Morgan fingerprint density at radius 3 is 2.59 bits per heavy atom. The molecule has 4 rings (SSSR count). The molecule has 0 bridgehead atoms. The lowest BCUT2D eigenvalue weighted by Gasteiger charge is -2.37. The van der Waals surface area contributed by atoms with Crippen molar-refractivity contribution < 1.29 is 22.0 Å². The van der Waals surface area contributed by atoms with Crippen LogP contribution in [0.15, 0.2) is 41.6 Å². The Bertz CT molecular complexity index is 1230. The molecule has 34 heavy (non-hydrogen) atoms. The molecule has 3 aromatic heterocycles. The molecule has 3 heterocycles. The third-order valence-electron chi connectivity index (χ3n) is 5.74. The van der Waals surface area contributed by atoms with Crippen molar-refractivity contribution in [3.63, 3.8) is 0 Å². The lowest BCUT2D eigenvalue weighted by Crippen LogP contribution is -2.42. The number of aryl methyl sites for hydroxylation is 1. The molecule has 0 spiro atoms. The molecule has 0 saturated heterocycles. The highest BCUT2D eigenvalue weighted by molar-refractivity contribution is 5.42. The van der Waals surface area contributed by atoms with Gasteiger partial charge >= 0.3 is 6.18 Å². The van der Waals surface area contributed by atoms with Gasteiger partial charge in [0, 0.05) is 63.4 Å². The normalized spacial score (nSPS) is 15.9. The SMILES string of the molecule is CCn1cc(Cc2cccn(-c3nc(N(C)CC4CC(F)(F)C4)cc(C(F)(F)F)n3)c2=O)cn1. The molecule has 1 saturated carbocycles. The van der Waals surface area contributed by atoms with Gasteiger partial charge < -0.3 is 4.90 Å². The van der Waals surface area contributed by atoms with Crippen LogP contribution in [0.4, 0.5) is 27.8 Å². The van der Waals surface area contributed by atoms with Crippen molar-refractivity contribution in [2.45, 2.75) is 44.8 Å². The van der Waals surface area contributed by atoms with Gasteiger partial charge in [0.1, 0.15) is 5.82 Å². The van der Waals surface area contributed by atoms with Crippen molar-refractivity contribution >= 4 is 5.82 Å². The van der Waals surface area contributed by atoms with Crippen LogP contribution in [0.5, 0.6) is 0 Å². The van der Waals surface area contributed by atoms with E-state index in [2.05, 4.69) is 15.1 Å². The number of anilines is 1. The van der Waals surface area contributed by atoms with Gasteiger partial charge in [-0.3, -0.25) is 14.0 Å². The number of halogens is 5. The Labute approximate surface area is 191 Å². The Balaban J connectivity index is 1.67. The van der Waals surface area contributed by atoms with E-state index in [1.807, 2.05) is 6.92 Å². The van der Waals surface area contributed by atoms with Crippen molar-refractivity contribution in [1.82, 2.24) is 24.3 Å². The summed E-state index contributed by atoms with van der Waals surface area (Å²) in [7, 11) is 1.48. The van der Waals surface area contributed by atoms with E-state index in [-0.39, 0.29) is 37.5 Å². The molecule has 7 nitrogen and oxygen atoms in total. The lowest BCUT2D eigenvalue weighted by molar-refractivity contribution is -0.141. The van der Waals surface area contributed by atoms with Gasteiger partial charge in [-0.1, -0.05) is 6.07 Å². The summed E-state index contributed by atoms with van der Waals surface area (Å²) in [5.41, 5.74) is -0.664. The minimum absolute atomic E-state index is 0.103. The van der Waals surface area contributed by atoms with Gasteiger partial charge in [0.2, 0.25) is 11.9 Å². The highest BCUT2D eigenvalue weighted by atomic mass is 19.4. The summed E-state index contributed by atoms with van der Waals surface area (Å²) in [5.74, 6) is -3.63. The molecule has 0 radical (unpaired) electrons. The molecule has 182 valence electrons. The van der Waals surface area contributed by atoms with E-state index in [4.69, 9.17) is 0 Å². The summed E-state index contributed by atoms with van der Waals surface area (Å²) in [6.45, 7) is 2.69. The third kappa shape index (κ3) is 5.10. The molecule has 0 aliphatic heterocycles. The number of hydrogen-bond donors (Lipinski definition) is 0. The highest BCUT2D eigenvalue weighted by Crippen LogP contribution is 2.43. The van der Waals surface area contributed by atoms with Crippen LogP contribution in [0.1, 0.15) is 36.6 Å². The molecular weight excluding hydrogens is 459 g/mol. The van der Waals surface area contributed by atoms with Crippen molar-refractivity contribution in [2.75, 3.05) is 18.5 Å². The quantitative estimate of drug-likeness (QED) is 0.478. The summed E-state index contributed by atoms with van der Waals surface area (Å²) in [6.07, 6.45) is -0.483. The molecule has 3 aromatic rings. The first kappa shape index (κ1) is 23.8. The minimum atomic E-state index is -4.78.